The van der Waals surface area contributed by atoms with Crippen molar-refractivity contribution in [2.75, 3.05) is 11.9 Å². The first-order valence-corrected chi connectivity index (χ1v) is 6.31. The molecule has 0 fully saturated rings. The number of hydrogen-bond donors (Lipinski definition) is 1. The fourth-order valence-electron chi connectivity index (χ4n) is 1.47. The summed E-state index contributed by atoms with van der Waals surface area (Å²) in [6.07, 6.45) is 2.22. The molecule has 1 N–H and O–H groups in total. The summed E-state index contributed by atoms with van der Waals surface area (Å²) in [6, 6.07) is 4.74. The number of unbranched alkanes of at least 4 members (excludes halogenated alkanes) is 1. The second kappa shape index (κ2) is 5.09. The molecule has 5 nitrogen and oxygen atoms in total. The van der Waals surface area contributed by atoms with E-state index in [1.54, 1.807) is 12.1 Å². The van der Waals surface area contributed by atoms with E-state index in [4.69, 9.17) is 0 Å². The average molecular weight is 251 g/mol. The van der Waals surface area contributed by atoms with Gasteiger partial charge in [-0.1, -0.05) is 24.7 Å². The molecular formula is C11H13N3O2S. The zero-order valence-electron chi connectivity index (χ0n) is 9.47. The molecule has 1 aromatic carbocycles. The maximum atomic E-state index is 10.6. The van der Waals surface area contributed by atoms with Crippen LogP contribution in [0.3, 0.4) is 0 Å². The van der Waals surface area contributed by atoms with Gasteiger partial charge in [0, 0.05) is 18.7 Å². The first kappa shape index (κ1) is 11.8. The summed E-state index contributed by atoms with van der Waals surface area (Å²) < 4.78 is 0.846. The molecule has 90 valence electrons. The third-order valence-electron chi connectivity index (χ3n) is 2.39. The molecule has 0 atom stereocenters. The molecule has 2 rings (SSSR count). The fraction of sp³-hybridized carbons (Fsp3) is 0.364. The zero-order valence-corrected chi connectivity index (χ0v) is 10.3. The highest BCUT2D eigenvalue weighted by Gasteiger charge is 2.09. The lowest BCUT2D eigenvalue weighted by Gasteiger charge is -1.98. The molecule has 0 amide bonds. The van der Waals surface area contributed by atoms with Crippen LogP contribution in [0.5, 0.6) is 0 Å². The zero-order chi connectivity index (χ0) is 12.3. The minimum atomic E-state index is -0.386. The van der Waals surface area contributed by atoms with Gasteiger partial charge in [-0.25, -0.2) is 4.98 Å². The SMILES string of the molecule is CCCCNc1nc2ccc([N+](=O)[O-])cc2s1. The molecule has 0 aliphatic heterocycles. The molecule has 0 saturated heterocycles. The first-order valence-electron chi connectivity index (χ1n) is 5.49. The molecule has 1 aromatic heterocycles. The molecule has 0 spiro atoms. The van der Waals surface area contributed by atoms with E-state index in [1.807, 2.05) is 0 Å². The van der Waals surface area contributed by atoms with Gasteiger partial charge >= 0.3 is 0 Å². The summed E-state index contributed by atoms with van der Waals surface area (Å²) in [5.74, 6) is 0. The number of fused-ring (bicyclic) bond motifs is 1. The Labute approximate surface area is 103 Å². The first-order chi connectivity index (χ1) is 8.20. The molecule has 0 bridgehead atoms. The Bertz CT molecular complexity index is 538. The molecule has 6 heteroatoms. The molecule has 0 unspecified atom stereocenters. The Morgan fingerprint density at radius 1 is 1.53 bits per heavy atom. The Kier molecular flexibility index (Phi) is 3.53. The number of nitrogens with one attached hydrogen (secondary N) is 1. The van der Waals surface area contributed by atoms with Crippen LogP contribution in [0.15, 0.2) is 18.2 Å². The minimum Gasteiger partial charge on any atom is -0.361 e. The van der Waals surface area contributed by atoms with Crippen molar-refractivity contribution in [3.63, 3.8) is 0 Å². The highest BCUT2D eigenvalue weighted by atomic mass is 32.1. The molecule has 0 aliphatic rings. The third kappa shape index (κ3) is 2.71. The number of aromatic nitrogens is 1. The van der Waals surface area contributed by atoms with Crippen molar-refractivity contribution in [1.29, 1.82) is 0 Å². The van der Waals surface area contributed by atoms with Crippen LogP contribution in [-0.4, -0.2) is 16.5 Å². The van der Waals surface area contributed by atoms with Crippen LogP contribution >= 0.6 is 11.3 Å². The van der Waals surface area contributed by atoms with Crippen LogP contribution in [0.4, 0.5) is 10.8 Å². The summed E-state index contributed by atoms with van der Waals surface area (Å²) in [4.78, 5) is 14.6. The van der Waals surface area contributed by atoms with Gasteiger partial charge in [-0.3, -0.25) is 10.1 Å². The van der Waals surface area contributed by atoms with E-state index in [2.05, 4.69) is 17.2 Å². The summed E-state index contributed by atoms with van der Waals surface area (Å²) in [5.41, 5.74) is 0.917. The van der Waals surface area contributed by atoms with Crippen molar-refractivity contribution >= 4 is 32.4 Å². The maximum Gasteiger partial charge on any atom is 0.270 e. The standard InChI is InChI=1S/C11H13N3O2S/c1-2-3-6-12-11-13-9-5-4-8(14(15)16)7-10(9)17-11/h4-5,7H,2-3,6H2,1H3,(H,12,13). The van der Waals surface area contributed by atoms with Crippen molar-refractivity contribution in [3.05, 3.63) is 28.3 Å². The summed E-state index contributed by atoms with van der Waals surface area (Å²) in [6.45, 7) is 3.02. The molecule has 0 radical (unpaired) electrons. The molecule has 0 aliphatic carbocycles. The number of hydrogen-bond acceptors (Lipinski definition) is 5. The van der Waals surface area contributed by atoms with Gasteiger partial charge in [0.2, 0.25) is 0 Å². The monoisotopic (exact) mass is 251 g/mol. The predicted molar refractivity (Wildman–Crippen MR) is 69.7 cm³/mol. The van der Waals surface area contributed by atoms with E-state index in [0.717, 1.165) is 34.7 Å². The highest BCUT2D eigenvalue weighted by Crippen LogP contribution is 2.28. The third-order valence-corrected chi connectivity index (χ3v) is 3.37. The van der Waals surface area contributed by atoms with Crippen molar-refractivity contribution < 1.29 is 4.92 Å². The van der Waals surface area contributed by atoms with Gasteiger partial charge in [-0.2, -0.15) is 0 Å². The van der Waals surface area contributed by atoms with Gasteiger partial charge in [0.25, 0.3) is 5.69 Å². The van der Waals surface area contributed by atoms with Crippen LogP contribution < -0.4 is 5.32 Å². The van der Waals surface area contributed by atoms with Gasteiger partial charge < -0.3 is 5.32 Å². The topological polar surface area (TPSA) is 68.1 Å². The second-order valence-corrected chi connectivity index (χ2v) is 4.74. The van der Waals surface area contributed by atoms with Gasteiger partial charge in [0.05, 0.1) is 15.1 Å². The lowest BCUT2D eigenvalue weighted by molar-refractivity contribution is -0.384. The fourth-order valence-corrected chi connectivity index (χ4v) is 2.40. The number of nitro benzene ring substituents is 1. The Morgan fingerprint density at radius 3 is 3.06 bits per heavy atom. The number of nitrogens with zero attached hydrogens (tertiary/aromatic N) is 2. The lowest BCUT2D eigenvalue weighted by Crippen LogP contribution is -1.99. The van der Waals surface area contributed by atoms with Gasteiger partial charge in [0.1, 0.15) is 0 Å². The molecule has 0 saturated carbocycles. The van der Waals surface area contributed by atoms with Crippen LogP contribution in [-0.2, 0) is 0 Å². The van der Waals surface area contributed by atoms with E-state index in [-0.39, 0.29) is 10.6 Å². The minimum absolute atomic E-state index is 0.112. The Balaban J connectivity index is 2.21. The number of thiazole rings is 1. The number of non-ortho nitro benzene ring substituents is 1. The molecule has 1 heterocycles. The van der Waals surface area contributed by atoms with E-state index >= 15 is 0 Å². The maximum absolute atomic E-state index is 10.6. The summed E-state index contributed by atoms with van der Waals surface area (Å²) >= 11 is 1.45. The smallest absolute Gasteiger partial charge is 0.270 e. The van der Waals surface area contributed by atoms with Crippen LogP contribution in [0.2, 0.25) is 0 Å². The number of nitro groups is 1. The number of anilines is 1. The Morgan fingerprint density at radius 2 is 2.35 bits per heavy atom. The quantitative estimate of drug-likeness (QED) is 0.502. The average Bonchev–Trinajstić information content (AvgIpc) is 2.70. The van der Waals surface area contributed by atoms with Crippen LogP contribution in [0, 0.1) is 10.1 Å². The summed E-state index contributed by atoms with van der Waals surface area (Å²) in [7, 11) is 0. The van der Waals surface area contributed by atoms with Crippen molar-refractivity contribution in [2.45, 2.75) is 19.8 Å². The highest BCUT2D eigenvalue weighted by molar-refractivity contribution is 7.22. The summed E-state index contributed by atoms with van der Waals surface area (Å²) in [5, 5.41) is 14.7. The van der Waals surface area contributed by atoms with Crippen molar-refractivity contribution in [1.82, 2.24) is 4.98 Å². The van der Waals surface area contributed by atoms with E-state index in [9.17, 15) is 10.1 Å². The molecule has 2 aromatic rings. The van der Waals surface area contributed by atoms with E-state index in [1.165, 1.54) is 17.4 Å². The van der Waals surface area contributed by atoms with E-state index in [0.29, 0.717) is 0 Å². The normalized spacial score (nSPS) is 10.6. The van der Waals surface area contributed by atoms with Gasteiger partial charge in [0.15, 0.2) is 5.13 Å². The predicted octanol–water partition coefficient (Wildman–Crippen LogP) is 3.42. The number of rotatable bonds is 5. The Hall–Kier alpha value is -1.69. The molecular weight excluding hydrogens is 238 g/mol. The van der Waals surface area contributed by atoms with Crippen LogP contribution in [0.1, 0.15) is 19.8 Å². The van der Waals surface area contributed by atoms with E-state index < -0.39 is 0 Å². The largest absolute Gasteiger partial charge is 0.361 e. The van der Waals surface area contributed by atoms with Gasteiger partial charge in [-0.05, 0) is 12.5 Å². The second-order valence-electron chi connectivity index (χ2n) is 3.71. The lowest BCUT2D eigenvalue weighted by atomic mass is 10.3. The van der Waals surface area contributed by atoms with Crippen molar-refractivity contribution in [2.24, 2.45) is 0 Å². The van der Waals surface area contributed by atoms with Gasteiger partial charge in [-0.15, -0.1) is 0 Å². The molecule has 17 heavy (non-hydrogen) atoms. The van der Waals surface area contributed by atoms with Crippen molar-refractivity contribution in [3.8, 4) is 0 Å². The number of benzene rings is 1. The van der Waals surface area contributed by atoms with Crippen LogP contribution in [0.25, 0.3) is 10.2 Å².